The molecule has 0 spiro atoms. The lowest BCUT2D eigenvalue weighted by Crippen LogP contribution is -2.41. The van der Waals surface area contributed by atoms with Crippen molar-refractivity contribution in [3.63, 3.8) is 0 Å². The van der Waals surface area contributed by atoms with E-state index in [0.717, 1.165) is 0 Å². The number of carbonyl (C=O) groups excluding carboxylic acids is 1. The van der Waals surface area contributed by atoms with Gasteiger partial charge in [-0.1, -0.05) is 13.8 Å². The summed E-state index contributed by atoms with van der Waals surface area (Å²) in [6.07, 6.45) is 0.529. The SMILES string of the molecule is COC(=O)CCCS(=O)(=O)N1CCC(C(=O)O)(C(C)C)C1. The highest BCUT2D eigenvalue weighted by Gasteiger charge is 2.49. The minimum atomic E-state index is -3.54. The fourth-order valence-electron chi connectivity index (χ4n) is 2.56. The second-order valence-corrected chi connectivity index (χ2v) is 7.78. The first-order valence-corrected chi connectivity index (χ1v) is 8.54. The molecule has 0 aromatic carbocycles. The Morgan fingerprint density at radius 2 is 2.00 bits per heavy atom. The Bertz CT molecular complexity index is 501. The topological polar surface area (TPSA) is 101 Å². The average molecular weight is 321 g/mol. The van der Waals surface area contributed by atoms with E-state index in [9.17, 15) is 23.1 Å². The van der Waals surface area contributed by atoms with Gasteiger partial charge in [0.15, 0.2) is 0 Å². The van der Waals surface area contributed by atoms with Crippen LogP contribution in [0.5, 0.6) is 0 Å². The van der Waals surface area contributed by atoms with Gasteiger partial charge < -0.3 is 9.84 Å². The molecule has 21 heavy (non-hydrogen) atoms. The molecule has 0 aromatic heterocycles. The Morgan fingerprint density at radius 3 is 2.43 bits per heavy atom. The first kappa shape index (κ1) is 17.9. The molecule has 7 nitrogen and oxygen atoms in total. The van der Waals surface area contributed by atoms with Crippen LogP contribution in [-0.4, -0.2) is 55.7 Å². The van der Waals surface area contributed by atoms with Gasteiger partial charge in [0, 0.05) is 19.5 Å². The van der Waals surface area contributed by atoms with E-state index < -0.39 is 27.4 Å². The molecule has 8 heteroatoms. The maximum atomic E-state index is 12.2. The van der Waals surface area contributed by atoms with E-state index in [1.54, 1.807) is 13.8 Å². The van der Waals surface area contributed by atoms with Gasteiger partial charge in [-0.3, -0.25) is 9.59 Å². The van der Waals surface area contributed by atoms with Gasteiger partial charge in [0.2, 0.25) is 10.0 Å². The lowest BCUT2D eigenvalue weighted by molar-refractivity contribution is -0.150. The van der Waals surface area contributed by atoms with Crippen LogP contribution < -0.4 is 0 Å². The van der Waals surface area contributed by atoms with Crippen molar-refractivity contribution in [1.29, 1.82) is 0 Å². The molecule has 1 N–H and O–H groups in total. The highest BCUT2D eigenvalue weighted by Crippen LogP contribution is 2.39. The van der Waals surface area contributed by atoms with Crippen LogP contribution in [0, 0.1) is 11.3 Å². The summed E-state index contributed by atoms with van der Waals surface area (Å²) < 4.78 is 30.1. The molecule has 1 fully saturated rings. The number of ether oxygens (including phenoxy) is 1. The second-order valence-electron chi connectivity index (χ2n) is 5.70. The predicted octanol–water partition coefficient (Wildman–Crippen LogP) is 0.702. The summed E-state index contributed by atoms with van der Waals surface area (Å²) in [7, 11) is -2.29. The van der Waals surface area contributed by atoms with Crippen molar-refractivity contribution in [3.05, 3.63) is 0 Å². The molecule has 1 heterocycles. The fraction of sp³-hybridized carbons (Fsp3) is 0.846. The number of hydrogen-bond acceptors (Lipinski definition) is 5. The van der Waals surface area contributed by atoms with Crippen LogP contribution in [0.4, 0.5) is 0 Å². The standard InChI is InChI=1S/C13H23NO6S/c1-10(2)13(12(16)17)6-7-14(9-13)21(18,19)8-4-5-11(15)20-3/h10H,4-9H2,1-3H3,(H,16,17). The van der Waals surface area contributed by atoms with Gasteiger partial charge in [0.05, 0.1) is 18.3 Å². The zero-order valence-electron chi connectivity index (χ0n) is 12.7. The number of aliphatic carboxylic acids is 1. The average Bonchev–Trinajstić information content (AvgIpc) is 2.85. The lowest BCUT2D eigenvalue weighted by atomic mass is 9.77. The number of hydrogen-bond donors (Lipinski definition) is 1. The number of nitrogens with zero attached hydrogens (tertiary/aromatic N) is 1. The van der Waals surface area contributed by atoms with Gasteiger partial charge >= 0.3 is 11.9 Å². The molecule has 1 saturated heterocycles. The monoisotopic (exact) mass is 321 g/mol. The molecule has 0 aromatic rings. The van der Waals surface area contributed by atoms with Gasteiger partial charge in [-0.15, -0.1) is 0 Å². The molecule has 1 rings (SSSR count). The number of carbonyl (C=O) groups is 2. The van der Waals surface area contributed by atoms with E-state index >= 15 is 0 Å². The molecule has 1 atom stereocenters. The van der Waals surface area contributed by atoms with Crippen molar-refractivity contribution in [2.75, 3.05) is 26.0 Å². The van der Waals surface area contributed by atoms with Crippen LogP contribution in [0.1, 0.15) is 33.1 Å². The normalized spacial score (nSPS) is 23.4. The molecule has 0 bridgehead atoms. The summed E-state index contributed by atoms with van der Waals surface area (Å²) in [6, 6.07) is 0. The molecule has 122 valence electrons. The van der Waals surface area contributed by atoms with Crippen molar-refractivity contribution in [2.45, 2.75) is 33.1 Å². The number of rotatable bonds is 7. The van der Waals surface area contributed by atoms with E-state index in [4.69, 9.17) is 0 Å². The Balaban J connectivity index is 2.70. The Kier molecular flexibility index (Phi) is 5.75. The number of carboxylic acid groups (broad SMARTS) is 1. The zero-order chi connectivity index (χ0) is 16.3. The van der Waals surface area contributed by atoms with Crippen LogP contribution in [0.25, 0.3) is 0 Å². The maximum absolute atomic E-state index is 12.2. The first-order valence-electron chi connectivity index (χ1n) is 6.94. The van der Waals surface area contributed by atoms with E-state index in [-0.39, 0.29) is 37.6 Å². The highest BCUT2D eigenvalue weighted by molar-refractivity contribution is 7.89. The fourth-order valence-corrected chi connectivity index (χ4v) is 4.12. The van der Waals surface area contributed by atoms with E-state index in [1.807, 2.05) is 0 Å². The van der Waals surface area contributed by atoms with E-state index in [0.29, 0.717) is 6.42 Å². The van der Waals surface area contributed by atoms with E-state index in [2.05, 4.69) is 4.74 Å². The van der Waals surface area contributed by atoms with Gasteiger partial charge in [-0.05, 0) is 18.8 Å². The zero-order valence-corrected chi connectivity index (χ0v) is 13.5. The molecule has 1 unspecified atom stereocenters. The van der Waals surface area contributed by atoms with Gasteiger partial charge in [-0.25, -0.2) is 12.7 Å². The molecular weight excluding hydrogens is 298 g/mol. The third-order valence-electron chi connectivity index (χ3n) is 4.20. The third kappa shape index (κ3) is 3.94. The number of esters is 1. The molecule has 0 aliphatic carbocycles. The number of carboxylic acids is 1. The van der Waals surface area contributed by atoms with Crippen molar-refractivity contribution in [3.8, 4) is 0 Å². The molecule has 1 aliphatic rings. The van der Waals surface area contributed by atoms with Crippen molar-refractivity contribution < 1.29 is 27.9 Å². The molecule has 0 radical (unpaired) electrons. The van der Waals surface area contributed by atoms with Crippen LogP contribution in [0.15, 0.2) is 0 Å². The summed E-state index contributed by atoms with van der Waals surface area (Å²) in [5, 5.41) is 9.42. The quantitative estimate of drug-likeness (QED) is 0.693. The van der Waals surface area contributed by atoms with Crippen molar-refractivity contribution >= 4 is 22.0 Å². The number of sulfonamides is 1. The second kappa shape index (κ2) is 6.74. The minimum absolute atomic E-state index is 0.000553. The Hall–Kier alpha value is -1.15. The largest absolute Gasteiger partial charge is 0.481 e. The van der Waals surface area contributed by atoms with Gasteiger partial charge in [0.25, 0.3) is 0 Å². The highest BCUT2D eigenvalue weighted by atomic mass is 32.2. The van der Waals surface area contributed by atoms with Crippen LogP contribution >= 0.6 is 0 Å². The van der Waals surface area contributed by atoms with Crippen LogP contribution in [0.3, 0.4) is 0 Å². The van der Waals surface area contributed by atoms with Crippen molar-refractivity contribution in [2.24, 2.45) is 11.3 Å². The van der Waals surface area contributed by atoms with Crippen LogP contribution in [-0.2, 0) is 24.3 Å². The molecule has 0 saturated carbocycles. The summed E-state index contributed by atoms with van der Waals surface area (Å²) >= 11 is 0. The molecular formula is C13H23NO6S. The Labute approximate surface area is 125 Å². The van der Waals surface area contributed by atoms with E-state index in [1.165, 1.54) is 11.4 Å². The Morgan fingerprint density at radius 1 is 1.38 bits per heavy atom. The lowest BCUT2D eigenvalue weighted by Gasteiger charge is -2.28. The maximum Gasteiger partial charge on any atom is 0.311 e. The van der Waals surface area contributed by atoms with Crippen LogP contribution in [0.2, 0.25) is 0 Å². The summed E-state index contributed by atoms with van der Waals surface area (Å²) in [6.45, 7) is 3.80. The smallest absolute Gasteiger partial charge is 0.311 e. The minimum Gasteiger partial charge on any atom is -0.481 e. The van der Waals surface area contributed by atoms with Gasteiger partial charge in [-0.2, -0.15) is 0 Å². The number of methoxy groups -OCH3 is 1. The summed E-state index contributed by atoms with van der Waals surface area (Å²) in [5.74, 6) is -1.72. The summed E-state index contributed by atoms with van der Waals surface area (Å²) in [5.41, 5.74) is -1.02. The third-order valence-corrected chi connectivity index (χ3v) is 6.10. The van der Waals surface area contributed by atoms with Gasteiger partial charge in [0.1, 0.15) is 0 Å². The predicted molar refractivity (Wildman–Crippen MR) is 76.1 cm³/mol. The summed E-state index contributed by atoms with van der Waals surface area (Å²) in [4.78, 5) is 22.5. The molecule has 1 aliphatic heterocycles. The molecule has 0 amide bonds. The first-order chi connectivity index (χ1) is 9.65. The van der Waals surface area contributed by atoms with Crippen molar-refractivity contribution in [1.82, 2.24) is 4.31 Å².